The zero-order chi connectivity index (χ0) is 52.3. The summed E-state index contributed by atoms with van der Waals surface area (Å²) in [5.74, 6) is -4.14. The van der Waals surface area contributed by atoms with Crippen LogP contribution in [-0.4, -0.2) is 90.9 Å². The van der Waals surface area contributed by atoms with Gasteiger partial charge in [-0.1, -0.05) is 102 Å². The number of aromatic hydroxyl groups is 2. The van der Waals surface area contributed by atoms with Gasteiger partial charge in [0.1, 0.15) is 22.9 Å². The number of epoxide rings is 1. The van der Waals surface area contributed by atoms with Crippen LogP contribution < -0.4 is 16.0 Å². The van der Waals surface area contributed by atoms with Crippen molar-refractivity contribution in [2.45, 2.75) is 124 Å². The molecule has 0 radical (unpaired) electrons. The first-order valence-corrected chi connectivity index (χ1v) is 25.1. The number of Topliss-reactive ketones (excluding diaryl/α,β-unsaturated/α-hetero) is 3. The molecule has 1 aliphatic rings. The molecule has 72 heavy (non-hydrogen) atoms. The summed E-state index contributed by atoms with van der Waals surface area (Å²) in [7, 11) is 0. The normalized spacial score (nSPS) is 15.9. The van der Waals surface area contributed by atoms with E-state index in [0.29, 0.717) is 37.1 Å². The molecule has 382 valence electrons. The fraction of sp³-hybridized carbons (Fsp3) is 0.439. The fourth-order valence-electron chi connectivity index (χ4n) is 9.06. The minimum Gasteiger partial charge on any atom is -0.508 e. The number of carbonyl (C=O) groups is 6. The number of benzene rings is 4. The molecule has 1 fully saturated rings. The van der Waals surface area contributed by atoms with Gasteiger partial charge in [0.2, 0.25) is 11.7 Å². The Morgan fingerprint density at radius 2 is 1.32 bits per heavy atom. The van der Waals surface area contributed by atoms with Gasteiger partial charge in [-0.15, -0.1) is 10.2 Å². The van der Waals surface area contributed by atoms with Crippen LogP contribution in [0.3, 0.4) is 0 Å². The van der Waals surface area contributed by atoms with Gasteiger partial charge in [-0.05, 0) is 111 Å². The average Bonchev–Trinajstić information content (AvgIpc) is 3.95. The predicted octanol–water partition coefficient (Wildman–Crippen LogP) is 8.28. The second kappa shape index (κ2) is 24.4. The zero-order valence-electron chi connectivity index (χ0n) is 42.7. The molecular formula is C57H70N6O9. The number of phenols is 2. The van der Waals surface area contributed by atoms with Crippen LogP contribution >= 0.6 is 0 Å². The Labute approximate surface area is 422 Å². The molecule has 1 saturated heterocycles. The van der Waals surface area contributed by atoms with Gasteiger partial charge in [0, 0.05) is 48.5 Å². The number of phenolic OH excluding ortho intramolecular Hbond substituents is 2. The number of nitrogens with zero attached hydrogens (tertiary/aromatic N) is 3. The van der Waals surface area contributed by atoms with Crippen molar-refractivity contribution in [3.8, 4) is 28.6 Å². The predicted molar refractivity (Wildman–Crippen MR) is 275 cm³/mol. The number of carbonyl (C=O) groups excluding carboxylic acids is 6. The maximum atomic E-state index is 14.6. The van der Waals surface area contributed by atoms with Crippen molar-refractivity contribution in [1.82, 2.24) is 30.7 Å². The van der Waals surface area contributed by atoms with Crippen LogP contribution in [-0.2, 0) is 36.8 Å². The van der Waals surface area contributed by atoms with Gasteiger partial charge in [-0.25, -0.2) is 0 Å². The monoisotopic (exact) mass is 983 g/mol. The first kappa shape index (κ1) is 54.3. The van der Waals surface area contributed by atoms with Crippen molar-refractivity contribution >= 4 is 35.1 Å². The molecule has 3 amide bonds. The second-order valence-corrected chi connectivity index (χ2v) is 20.4. The highest BCUT2D eigenvalue weighted by atomic mass is 16.6. The lowest BCUT2D eigenvalue weighted by Crippen LogP contribution is -2.49. The average molecular weight is 983 g/mol. The molecule has 1 aromatic heterocycles. The summed E-state index contributed by atoms with van der Waals surface area (Å²) in [5.41, 5.74) is 2.24. The van der Waals surface area contributed by atoms with Crippen LogP contribution in [0.2, 0.25) is 0 Å². The summed E-state index contributed by atoms with van der Waals surface area (Å²) in [6.07, 6.45) is 1.41. The maximum Gasteiger partial charge on any atom is 0.289 e. The largest absolute Gasteiger partial charge is 0.508 e. The molecule has 15 nitrogen and oxygen atoms in total. The minimum absolute atomic E-state index is 0.0198. The van der Waals surface area contributed by atoms with E-state index in [1.165, 1.54) is 10.6 Å². The van der Waals surface area contributed by atoms with Crippen LogP contribution in [0.15, 0.2) is 97.1 Å². The standard InChI is InChI=1S/C57H70N6O9/c1-9-58-56(71)53-62-61-52(44-31-43(36(6)7)48(65)32-49(44)66)63(53)42-23-21-39(22-24-42)54(69)59-45(25-20-37-16-12-10-13-17-37)50(67)29-40(26-34(2)3)47(64)30-41(28-38-18-14-11-15-19-38)55(70)60-46(27-35(4)5)51(68)57(8)33-72-57/h10-19,21-24,31-32,34-36,40-41,45-46,65-66H,9,20,25-30,33H2,1-8H3,(H,58,71)(H,59,69)(H,60,70)/t40-,41-,45+,46+,57-/m1/s1. The molecule has 5 N–H and O–H groups in total. The molecule has 1 aliphatic heterocycles. The van der Waals surface area contributed by atoms with Crippen molar-refractivity contribution in [3.63, 3.8) is 0 Å². The van der Waals surface area contributed by atoms with Gasteiger partial charge in [-0.3, -0.25) is 33.3 Å². The van der Waals surface area contributed by atoms with Crippen molar-refractivity contribution in [2.75, 3.05) is 13.2 Å². The van der Waals surface area contributed by atoms with Crippen LogP contribution in [0.4, 0.5) is 0 Å². The number of rotatable bonds is 26. The lowest BCUT2D eigenvalue weighted by Gasteiger charge is -2.26. The smallest absolute Gasteiger partial charge is 0.289 e. The Morgan fingerprint density at radius 3 is 1.90 bits per heavy atom. The third-order valence-corrected chi connectivity index (χ3v) is 13.1. The summed E-state index contributed by atoms with van der Waals surface area (Å²) >= 11 is 0. The van der Waals surface area contributed by atoms with Gasteiger partial charge in [0.05, 0.1) is 24.3 Å². The number of hydrogen-bond acceptors (Lipinski definition) is 11. The van der Waals surface area contributed by atoms with Crippen LogP contribution in [0.1, 0.15) is 131 Å². The molecule has 15 heteroatoms. The Kier molecular flexibility index (Phi) is 18.4. The highest BCUT2D eigenvalue weighted by Gasteiger charge is 2.50. The molecular weight excluding hydrogens is 913 g/mol. The van der Waals surface area contributed by atoms with Crippen molar-refractivity contribution < 1.29 is 43.7 Å². The van der Waals surface area contributed by atoms with E-state index in [4.69, 9.17) is 4.74 Å². The topological polar surface area (TPSA) is 222 Å². The van der Waals surface area contributed by atoms with Crippen LogP contribution in [0, 0.1) is 23.7 Å². The molecule has 0 aliphatic carbocycles. The lowest BCUT2D eigenvalue weighted by atomic mass is 9.82. The summed E-state index contributed by atoms with van der Waals surface area (Å²) in [4.78, 5) is 84.5. The quantitative estimate of drug-likeness (QED) is 0.0332. The third-order valence-electron chi connectivity index (χ3n) is 13.1. The third kappa shape index (κ3) is 14.1. The van der Waals surface area contributed by atoms with E-state index in [0.717, 1.165) is 11.1 Å². The van der Waals surface area contributed by atoms with E-state index < -0.39 is 47.2 Å². The van der Waals surface area contributed by atoms with Crippen molar-refractivity contribution in [3.05, 3.63) is 125 Å². The molecule has 2 heterocycles. The number of aromatic nitrogens is 3. The molecule has 0 spiro atoms. The molecule has 5 atom stereocenters. The SMILES string of the molecule is CCNC(=O)c1nnc(-c2cc(C(C)C)c(O)cc2O)n1-c1ccc(C(=O)N[C@@H](CCc2ccccc2)C(=O)C[C@@H](CC(C)C)C(=O)C[C@@H](Cc2ccccc2)C(=O)N[C@@H](CC(C)C)C(=O)[C@@]2(C)CO2)cc1. The lowest BCUT2D eigenvalue weighted by molar-refractivity contribution is -0.135. The number of aryl methyl sites for hydroxylation is 1. The van der Waals surface area contributed by atoms with E-state index >= 15 is 0 Å². The van der Waals surface area contributed by atoms with Crippen LogP contribution in [0.5, 0.6) is 11.5 Å². The van der Waals surface area contributed by atoms with Gasteiger partial charge < -0.3 is 30.9 Å². The first-order chi connectivity index (χ1) is 34.3. The summed E-state index contributed by atoms with van der Waals surface area (Å²) < 4.78 is 6.92. The highest BCUT2D eigenvalue weighted by molar-refractivity contribution is 6.00. The second-order valence-electron chi connectivity index (χ2n) is 20.4. The zero-order valence-corrected chi connectivity index (χ0v) is 42.7. The van der Waals surface area contributed by atoms with Crippen LogP contribution in [0.25, 0.3) is 17.1 Å². The van der Waals surface area contributed by atoms with E-state index in [9.17, 15) is 39.0 Å². The van der Waals surface area contributed by atoms with Crippen molar-refractivity contribution in [2.24, 2.45) is 23.7 Å². The van der Waals surface area contributed by atoms with Gasteiger partial charge in [0.25, 0.3) is 11.8 Å². The number of ether oxygens (including phenoxy) is 1. The summed E-state index contributed by atoms with van der Waals surface area (Å²) in [6, 6.07) is 26.3. The first-order valence-electron chi connectivity index (χ1n) is 25.1. The molecule has 5 aromatic rings. The fourth-order valence-corrected chi connectivity index (χ4v) is 9.06. The molecule has 0 saturated carbocycles. The summed E-state index contributed by atoms with van der Waals surface area (Å²) in [6.45, 7) is 15.7. The molecule has 6 rings (SSSR count). The highest BCUT2D eigenvalue weighted by Crippen LogP contribution is 2.38. The number of nitrogens with one attached hydrogen (secondary N) is 3. The Hall–Kier alpha value is -7.00. The van der Waals surface area contributed by atoms with E-state index in [1.807, 2.05) is 102 Å². The molecule has 4 aromatic carbocycles. The minimum atomic E-state index is -0.988. The van der Waals surface area contributed by atoms with Gasteiger partial charge >= 0.3 is 0 Å². The Bertz CT molecular complexity index is 2690. The molecule has 0 unspecified atom stereocenters. The van der Waals surface area contributed by atoms with E-state index in [-0.39, 0.29) is 102 Å². The molecule has 0 bridgehead atoms. The van der Waals surface area contributed by atoms with Crippen molar-refractivity contribution in [1.29, 1.82) is 0 Å². The number of ketones is 3. The maximum absolute atomic E-state index is 14.6. The summed E-state index contributed by atoms with van der Waals surface area (Å²) in [5, 5.41) is 38.7. The Morgan fingerprint density at radius 1 is 0.708 bits per heavy atom. The number of hydrogen-bond donors (Lipinski definition) is 5. The van der Waals surface area contributed by atoms with Gasteiger partial charge in [-0.2, -0.15) is 0 Å². The number of amides is 3. The van der Waals surface area contributed by atoms with E-state index in [1.54, 1.807) is 44.2 Å². The van der Waals surface area contributed by atoms with E-state index in [2.05, 4.69) is 26.1 Å². The van der Waals surface area contributed by atoms with Gasteiger partial charge in [0.15, 0.2) is 17.4 Å². The Balaban J connectivity index is 1.26.